The van der Waals surface area contributed by atoms with Crippen molar-refractivity contribution in [3.8, 4) is 0 Å². The summed E-state index contributed by atoms with van der Waals surface area (Å²) in [5, 5.41) is 2.85. The summed E-state index contributed by atoms with van der Waals surface area (Å²) in [5.41, 5.74) is 0.790. The van der Waals surface area contributed by atoms with E-state index in [4.69, 9.17) is 0 Å². The zero-order valence-corrected chi connectivity index (χ0v) is 16.7. The number of hydrogen-bond donors (Lipinski definition) is 1. The molecule has 3 heterocycles. The highest BCUT2D eigenvalue weighted by atomic mass is 19.1. The molecule has 1 aromatic heterocycles. The van der Waals surface area contributed by atoms with Crippen LogP contribution >= 0.6 is 0 Å². The van der Waals surface area contributed by atoms with E-state index in [1.54, 1.807) is 29.4 Å². The topological polar surface area (TPSA) is 81.7 Å². The van der Waals surface area contributed by atoms with Gasteiger partial charge in [0.2, 0.25) is 17.8 Å². The lowest BCUT2D eigenvalue weighted by Gasteiger charge is -2.38. The van der Waals surface area contributed by atoms with Crippen molar-refractivity contribution in [2.75, 3.05) is 44.2 Å². The molecule has 0 radical (unpaired) electrons. The molecule has 30 heavy (non-hydrogen) atoms. The van der Waals surface area contributed by atoms with Crippen molar-refractivity contribution in [3.05, 3.63) is 54.1 Å². The molecule has 0 saturated carbocycles. The maximum atomic E-state index is 13.5. The van der Waals surface area contributed by atoms with E-state index in [0.717, 1.165) is 5.56 Å². The lowest BCUT2D eigenvalue weighted by molar-refractivity contribution is -0.139. The van der Waals surface area contributed by atoms with Crippen LogP contribution in [0, 0.1) is 5.82 Å². The van der Waals surface area contributed by atoms with Crippen molar-refractivity contribution in [3.63, 3.8) is 0 Å². The smallest absolute Gasteiger partial charge is 0.237 e. The minimum Gasteiger partial charge on any atom is -0.353 e. The Labute approximate surface area is 174 Å². The van der Waals surface area contributed by atoms with E-state index in [1.165, 1.54) is 12.1 Å². The molecule has 1 unspecified atom stereocenters. The lowest BCUT2D eigenvalue weighted by Crippen LogP contribution is -2.57. The van der Waals surface area contributed by atoms with Crippen molar-refractivity contribution in [2.24, 2.45) is 0 Å². The molecule has 2 aliphatic rings. The van der Waals surface area contributed by atoms with E-state index in [9.17, 15) is 14.0 Å². The van der Waals surface area contributed by atoms with Crippen LogP contribution in [0.5, 0.6) is 0 Å². The van der Waals surface area contributed by atoms with Crippen molar-refractivity contribution in [1.82, 2.24) is 25.1 Å². The number of anilines is 1. The minimum absolute atomic E-state index is 0.0464. The van der Waals surface area contributed by atoms with Gasteiger partial charge in [0.1, 0.15) is 5.82 Å². The number of piperazine rings is 2. The first-order valence-corrected chi connectivity index (χ1v) is 10.2. The number of aromatic nitrogens is 2. The van der Waals surface area contributed by atoms with Crippen molar-refractivity contribution < 1.29 is 14.0 Å². The maximum absolute atomic E-state index is 13.5. The van der Waals surface area contributed by atoms with Gasteiger partial charge in [-0.05, 0) is 23.8 Å². The normalized spacial score (nSPS) is 20.2. The molecule has 8 nitrogen and oxygen atoms in total. The molecule has 1 N–H and O–H groups in total. The number of rotatable bonds is 5. The quantitative estimate of drug-likeness (QED) is 0.777. The second-order valence-electron chi connectivity index (χ2n) is 7.53. The van der Waals surface area contributed by atoms with Gasteiger partial charge in [-0.15, -0.1) is 0 Å². The Bertz CT molecular complexity index is 888. The Kier molecular flexibility index (Phi) is 6.18. The van der Waals surface area contributed by atoms with E-state index in [1.807, 2.05) is 15.9 Å². The number of hydrogen-bond acceptors (Lipinski definition) is 6. The van der Waals surface area contributed by atoms with Gasteiger partial charge in [0, 0.05) is 58.2 Å². The maximum Gasteiger partial charge on any atom is 0.237 e. The average Bonchev–Trinajstić information content (AvgIpc) is 2.77. The van der Waals surface area contributed by atoms with Gasteiger partial charge in [-0.25, -0.2) is 14.4 Å². The van der Waals surface area contributed by atoms with Gasteiger partial charge in [-0.1, -0.05) is 12.1 Å². The van der Waals surface area contributed by atoms with Crippen molar-refractivity contribution in [2.45, 2.75) is 19.0 Å². The van der Waals surface area contributed by atoms with E-state index >= 15 is 0 Å². The zero-order valence-electron chi connectivity index (χ0n) is 16.7. The van der Waals surface area contributed by atoms with Crippen LogP contribution in [-0.2, 0) is 16.1 Å². The number of halogens is 1. The Hall–Kier alpha value is -3.07. The predicted molar refractivity (Wildman–Crippen MR) is 109 cm³/mol. The molecule has 1 atom stereocenters. The summed E-state index contributed by atoms with van der Waals surface area (Å²) in [6.45, 7) is 4.01. The predicted octanol–water partition coefficient (Wildman–Crippen LogP) is 0.655. The largest absolute Gasteiger partial charge is 0.353 e. The van der Waals surface area contributed by atoms with E-state index < -0.39 is 6.04 Å². The van der Waals surface area contributed by atoms with Crippen LogP contribution in [0.25, 0.3) is 0 Å². The van der Waals surface area contributed by atoms with E-state index in [0.29, 0.717) is 51.8 Å². The van der Waals surface area contributed by atoms with Gasteiger partial charge >= 0.3 is 0 Å². The van der Waals surface area contributed by atoms with Crippen LogP contribution in [0.2, 0.25) is 0 Å². The van der Waals surface area contributed by atoms with Crippen LogP contribution in [0.4, 0.5) is 10.3 Å². The monoisotopic (exact) mass is 412 g/mol. The van der Waals surface area contributed by atoms with Gasteiger partial charge in [0.25, 0.3) is 0 Å². The Balaban J connectivity index is 1.36. The van der Waals surface area contributed by atoms with Crippen LogP contribution in [0.1, 0.15) is 12.0 Å². The highest BCUT2D eigenvalue weighted by Crippen LogP contribution is 2.17. The van der Waals surface area contributed by atoms with Crippen LogP contribution < -0.4 is 10.2 Å². The third-order valence-electron chi connectivity index (χ3n) is 5.55. The number of carbonyl (C=O) groups is 2. The summed E-state index contributed by atoms with van der Waals surface area (Å²) in [6.07, 6.45) is 3.52. The molecule has 2 fully saturated rings. The van der Waals surface area contributed by atoms with Gasteiger partial charge < -0.3 is 15.1 Å². The fourth-order valence-electron chi connectivity index (χ4n) is 3.95. The van der Waals surface area contributed by atoms with Crippen molar-refractivity contribution >= 4 is 17.8 Å². The molecule has 0 bridgehead atoms. The molecule has 0 spiro atoms. The number of nitrogens with zero attached hydrogens (tertiary/aromatic N) is 5. The molecule has 1 aromatic carbocycles. The third-order valence-corrected chi connectivity index (χ3v) is 5.55. The molecule has 0 aliphatic carbocycles. The van der Waals surface area contributed by atoms with Crippen molar-refractivity contribution in [1.29, 1.82) is 0 Å². The second kappa shape index (κ2) is 9.17. The Morgan fingerprint density at radius 3 is 2.60 bits per heavy atom. The Morgan fingerprint density at radius 1 is 1.10 bits per heavy atom. The van der Waals surface area contributed by atoms with Crippen LogP contribution in [-0.4, -0.2) is 76.9 Å². The molecule has 2 saturated heterocycles. The van der Waals surface area contributed by atoms with Crippen LogP contribution in [0.15, 0.2) is 42.7 Å². The molecule has 2 aromatic rings. The number of amides is 2. The fraction of sp³-hybridized carbons (Fsp3) is 0.429. The summed E-state index contributed by atoms with van der Waals surface area (Å²) >= 11 is 0. The first-order chi connectivity index (χ1) is 14.6. The molecule has 158 valence electrons. The van der Waals surface area contributed by atoms with E-state index in [-0.39, 0.29) is 24.1 Å². The SMILES string of the molecule is O=C1NCCN(Cc2cccc(F)c2)C1CC(=O)N1CCN(c2ncccn2)CC1. The highest BCUT2D eigenvalue weighted by molar-refractivity contribution is 5.89. The summed E-state index contributed by atoms with van der Waals surface area (Å²) < 4.78 is 13.5. The molecular weight excluding hydrogens is 387 g/mol. The van der Waals surface area contributed by atoms with E-state index in [2.05, 4.69) is 15.3 Å². The zero-order chi connectivity index (χ0) is 20.9. The average molecular weight is 412 g/mol. The number of benzene rings is 1. The first-order valence-electron chi connectivity index (χ1n) is 10.2. The third kappa shape index (κ3) is 4.73. The first kappa shape index (κ1) is 20.2. The van der Waals surface area contributed by atoms with Crippen LogP contribution in [0.3, 0.4) is 0 Å². The molecular formula is C21H25FN6O2. The number of nitrogens with one attached hydrogen (secondary N) is 1. The van der Waals surface area contributed by atoms with Gasteiger partial charge in [-0.2, -0.15) is 0 Å². The molecule has 4 rings (SSSR count). The summed E-state index contributed by atoms with van der Waals surface area (Å²) in [7, 11) is 0. The summed E-state index contributed by atoms with van der Waals surface area (Å²) in [4.78, 5) is 39.7. The van der Waals surface area contributed by atoms with Gasteiger partial charge in [0.05, 0.1) is 12.5 Å². The molecule has 9 heteroatoms. The van der Waals surface area contributed by atoms with Gasteiger partial charge in [-0.3, -0.25) is 14.5 Å². The number of carbonyl (C=O) groups excluding carboxylic acids is 2. The molecule has 2 amide bonds. The summed E-state index contributed by atoms with van der Waals surface area (Å²) in [6, 6.07) is 7.58. The Morgan fingerprint density at radius 2 is 1.87 bits per heavy atom. The molecule has 2 aliphatic heterocycles. The lowest BCUT2D eigenvalue weighted by atomic mass is 10.1. The standard InChI is InChI=1S/C21H25FN6O2/c22-17-4-1-3-16(13-17)15-28-8-7-23-20(30)18(28)14-19(29)26-9-11-27(12-10-26)21-24-5-2-6-25-21/h1-6,13,18H,7-12,14-15H2,(H,23,30). The summed E-state index contributed by atoms with van der Waals surface area (Å²) in [5.74, 6) is 0.164. The second-order valence-corrected chi connectivity index (χ2v) is 7.53. The fourth-order valence-corrected chi connectivity index (χ4v) is 3.95. The minimum atomic E-state index is -0.551. The van der Waals surface area contributed by atoms with Gasteiger partial charge in [0.15, 0.2) is 0 Å². The highest BCUT2D eigenvalue weighted by Gasteiger charge is 2.33.